The molecule has 2 amide bonds. The first-order chi connectivity index (χ1) is 18.5. The van der Waals surface area contributed by atoms with E-state index in [9.17, 15) is 14.0 Å². The number of halogens is 1. The number of rotatable bonds is 5. The standard InChI is InChI=1S/C31H40FN5O2/c1-21-27(22(2)34-20-33-21)28(38)37-18-23-16-35(17-24(23)19-37)12-9-31(25-7-6-8-26(32)15-25)10-13-36(14-11-31)29(39)30(3,4)5/h6-8,15,18,20,24H,9-14,16-17,19H2,1-5H3. The molecule has 2 saturated heterocycles. The Morgan fingerprint density at radius 1 is 1.08 bits per heavy atom. The minimum atomic E-state index is -0.403. The highest BCUT2D eigenvalue weighted by Crippen LogP contribution is 2.41. The second-order valence-corrected chi connectivity index (χ2v) is 12.6. The van der Waals surface area contributed by atoms with Crippen molar-refractivity contribution in [3.8, 4) is 0 Å². The fourth-order valence-corrected chi connectivity index (χ4v) is 6.54. The molecule has 3 aliphatic rings. The van der Waals surface area contributed by atoms with Gasteiger partial charge < -0.3 is 9.80 Å². The summed E-state index contributed by atoms with van der Waals surface area (Å²) in [5.74, 6) is 0.275. The average molecular weight is 534 g/mol. The van der Waals surface area contributed by atoms with E-state index < -0.39 is 5.41 Å². The molecule has 0 radical (unpaired) electrons. The quantitative estimate of drug-likeness (QED) is 0.566. The maximum absolute atomic E-state index is 14.3. The van der Waals surface area contributed by atoms with Gasteiger partial charge in [0.05, 0.1) is 17.0 Å². The molecular weight excluding hydrogens is 493 g/mol. The highest BCUT2D eigenvalue weighted by molar-refractivity contribution is 5.97. The van der Waals surface area contributed by atoms with Gasteiger partial charge in [-0.1, -0.05) is 32.9 Å². The van der Waals surface area contributed by atoms with Gasteiger partial charge in [0.15, 0.2) is 0 Å². The molecule has 0 saturated carbocycles. The summed E-state index contributed by atoms with van der Waals surface area (Å²) in [4.78, 5) is 40.8. The molecule has 2 aromatic rings. The number of amides is 2. The van der Waals surface area contributed by atoms with Crippen molar-refractivity contribution < 1.29 is 14.0 Å². The summed E-state index contributed by atoms with van der Waals surface area (Å²) in [6.07, 6.45) is 6.10. The van der Waals surface area contributed by atoms with Gasteiger partial charge in [0, 0.05) is 50.3 Å². The summed E-state index contributed by atoms with van der Waals surface area (Å²) in [5.41, 5.74) is 3.79. The number of aryl methyl sites for hydroxylation is 2. The number of hydrogen-bond acceptors (Lipinski definition) is 5. The van der Waals surface area contributed by atoms with Crippen LogP contribution in [0.2, 0.25) is 0 Å². The summed E-state index contributed by atoms with van der Waals surface area (Å²) in [5, 5.41) is 0. The van der Waals surface area contributed by atoms with Crippen LogP contribution in [0.5, 0.6) is 0 Å². The SMILES string of the molecule is Cc1ncnc(C)c1C(=O)N1C=C2CN(CCC3(c4cccc(F)c4)CCN(C(=O)C(C)(C)C)CC3)CC2C1. The number of carbonyl (C=O) groups is 2. The number of likely N-dealkylation sites (tertiary alicyclic amines) is 2. The van der Waals surface area contributed by atoms with Crippen molar-refractivity contribution in [3.05, 3.63) is 70.7 Å². The van der Waals surface area contributed by atoms with E-state index in [1.54, 1.807) is 12.1 Å². The summed E-state index contributed by atoms with van der Waals surface area (Å²) in [6, 6.07) is 7.04. The second-order valence-electron chi connectivity index (χ2n) is 12.6. The Bertz CT molecular complexity index is 1270. The Labute approximate surface area is 231 Å². The van der Waals surface area contributed by atoms with Gasteiger partial charge >= 0.3 is 0 Å². The second kappa shape index (κ2) is 10.5. The third kappa shape index (κ3) is 5.49. The molecule has 1 unspecified atom stereocenters. The highest BCUT2D eigenvalue weighted by Gasteiger charge is 2.41. The number of piperidine rings is 1. The molecule has 5 rings (SSSR count). The molecular formula is C31H40FN5O2. The van der Waals surface area contributed by atoms with E-state index in [2.05, 4.69) is 14.9 Å². The lowest BCUT2D eigenvalue weighted by Gasteiger charge is -2.44. The fourth-order valence-electron chi connectivity index (χ4n) is 6.54. The molecule has 0 N–H and O–H groups in total. The van der Waals surface area contributed by atoms with Crippen LogP contribution >= 0.6 is 0 Å². The van der Waals surface area contributed by atoms with Crippen LogP contribution < -0.4 is 0 Å². The van der Waals surface area contributed by atoms with Gasteiger partial charge in [-0.2, -0.15) is 0 Å². The predicted molar refractivity (Wildman–Crippen MR) is 149 cm³/mol. The van der Waals surface area contributed by atoms with Crippen molar-refractivity contribution >= 4 is 11.8 Å². The number of nitrogens with zero attached hydrogens (tertiary/aromatic N) is 5. The van der Waals surface area contributed by atoms with Gasteiger partial charge in [0.2, 0.25) is 5.91 Å². The first-order valence-electron chi connectivity index (χ1n) is 14.0. The van der Waals surface area contributed by atoms with Crippen LogP contribution in [0.4, 0.5) is 4.39 Å². The van der Waals surface area contributed by atoms with E-state index in [0.717, 1.165) is 44.5 Å². The Kier molecular flexibility index (Phi) is 7.35. The zero-order valence-corrected chi connectivity index (χ0v) is 23.8. The van der Waals surface area contributed by atoms with Gasteiger partial charge in [-0.15, -0.1) is 0 Å². The van der Waals surface area contributed by atoms with E-state index in [4.69, 9.17) is 0 Å². The molecule has 0 bridgehead atoms. The molecule has 0 aliphatic carbocycles. The van der Waals surface area contributed by atoms with Crippen molar-refractivity contribution in [1.29, 1.82) is 0 Å². The van der Waals surface area contributed by atoms with Gasteiger partial charge in [-0.3, -0.25) is 14.5 Å². The lowest BCUT2D eigenvalue weighted by Crippen LogP contribution is -2.49. The van der Waals surface area contributed by atoms with Crippen LogP contribution in [-0.2, 0) is 10.2 Å². The average Bonchev–Trinajstić information content (AvgIpc) is 3.46. The molecule has 1 aromatic carbocycles. The fraction of sp³-hybridized carbons (Fsp3) is 0.548. The monoisotopic (exact) mass is 533 g/mol. The molecule has 39 heavy (non-hydrogen) atoms. The van der Waals surface area contributed by atoms with Crippen LogP contribution in [0, 0.1) is 31.0 Å². The van der Waals surface area contributed by atoms with E-state index >= 15 is 0 Å². The van der Waals surface area contributed by atoms with Crippen molar-refractivity contribution in [2.24, 2.45) is 11.3 Å². The summed E-state index contributed by atoms with van der Waals surface area (Å²) >= 11 is 0. The van der Waals surface area contributed by atoms with Crippen LogP contribution in [-0.4, -0.2) is 75.8 Å². The van der Waals surface area contributed by atoms with Crippen LogP contribution in [0.15, 0.2) is 42.4 Å². The molecule has 2 fully saturated rings. The molecule has 1 atom stereocenters. The van der Waals surface area contributed by atoms with E-state index in [-0.39, 0.29) is 23.0 Å². The smallest absolute Gasteiger partial charge is 0.261 e. The van der Waals surface area contributed by atoms with E-state index in [1.807, 2.05) is 56.7 Å². The Morgan fingerprint density at radius 3 is 2.38 bits per heavy atom. The molecule has 1 aromatic heterocycles. The molecule has 4 heterocycles. The van der Waals surface area contributed by atoms with E-state index in [1.165, 1.54) is 18.0 Å². The van der Waals surface area contributed by atoms with Gasteiger partial charge in [-0.05, 0) is 68.3 Å². The van der Waals surface area contributed by atoms with Gasteiger partial charge in [0.1, 0.15) is 12.1 Å². The zero-order chi connectivity index (χ0) is 27.9. The maximum Gasteiger partial charge on any atom is 0.261 e. The normalized spacial score (nSPS) is 21.2. The predicted octanol–water partition coefficient (Wildman–Crippen LogP) is 4.50. The molecule has 8 heteroatoms. The number of fused-ring (bicyclic) bond motifs is 1. The number of carbonyl (C=O) groups excluding carboxylic acids is 2. The number of aromatic nitrogens is 2. The molecule has 7 nitrogen and oxygen atoms in total. The first-order valence-corrected chi connectivity index (χ1v) is 14.0. The minimum absolute atomic E-state index is 0.0272. The van der Waals surface area contributed by atoms with Gasteiger partial charge in [-0.25, -0.2) is 14.4 Å². The van der Waals surface area contributed by atoms with Gasteiger partial charge in [0.25, 0.3) is 5.91 Å². The van der Waals surface area contributed by atoms with Crippen molar-refractivity contribution in [2.45, 2.75) is 59.3 Å². The van der Waals surface area contributed by atoms with Crippen molar-refractivity contribution in [1.82, 2.24) is 24.7 Å². The topological polar surface area (TPSA) is 69.6 Å². The third-order valence-corrected chi connectivity index (χ3v) is 8.84. The van der Waals surface area contributed by atoms with Crippen molar-refractivity contribution in [2.75, 3.05) is 39.3 Å². The lowest BCUT2D eigenvalue weighted by molar-refractivity contribution is -0.141. The summed E-state index contributed by atoms with van der Waals surface area (Å²) in [7, 11) is 0. The minimum Gasteiger partial charge on any atom is -0.342 e. The number of benzene rings is 1. The van der Waals surface area contributed by atoms with E-state index in [0.29, 0.717) is 42.5 Å². The first kappa shape index (κ1) is 27.4. The van der Waals surface area contributed by atoms with Crippen LogP contribution in [0.1, 0.15) is 67.3 Å². The Balaban J connectivity index is 1.26. The van der Waals surface area contributed by atoms with Crippen LogP contribution in [0.3, 0.4) is 0 Å². The summed E-state index contributed by atoms with van der Waals surface area (Å²) < 4.78 is 14.3. The molecule has 0 spiro atoms. The lowest BCUT2D eigenvalue weighted by atomic mass is 9.70. The Hall–Kier alpha value is -3.13. The van der Waals surface area contributed by atoms with Crippen molar-refractivity contribution in [3.63, 3.8) is 0 Å². The zero-order valence-electron chi connectivity index (χ0n) is 23.8. The highest BCUT2D eigenvalue weighted by atomic mass is 19.1. The molecule has 3 aliphatic heterocycles. The van der Waals surface area contributed by atoms with Crippen LogP contribution in [0.25, 0.3) is 0 Å². The maximum atomic E-state index is 14.3. The largest absolute Gasteiger partial charge is 0.342 e. The summed E-state index contributed by atoms with van der Waals surface area (Å²) in [6.45, 7) is 14.3. The Morgan fingerprint density at radius 2 is 1.77 bits per heavy atom. The third-order valence-electron chi connectivity index (χ3n) is 8.84. The number of hydrogen-bond donors (Lipinski definition) is 0. The molecule has 208 valence electrons.